The van der Waals surface area contributed by atoms with Crippen molar-refractivity contribution in [2.75, 3.05) is 35.2 Å². The summed E-state index contributed by atoms with van der Waals surface area (Å²) in [6.45, 7) is 3.33. The van der Waals surface area contributed by atoms with Crippen LogP contribution in [0.15, 0.2) is 40.5 Å². The minimum absolute atomic E-state index is 0.0650. The summed E-state index contributed by atoms with van der Waals surface area (Å²) < 4.78 is 0. The smallest absolute Gasteiger partial charge is 0.239 e. The molecule has 3 aromatic rings. The molecule has 0 atom stereocenters. The van der Waals surface area contributed by atoms with E-state index in [0.717, 1.165) is 28.3 Å². The van der Waals surface area contributed by atoms with E-state index in [2.05, 4.69) is 35.9 Å². The molecular formula is C21H22N8O2S2. The molecule has 1 aliphatic carbocycles. The highest BCUT2D eigenvalue weighted by Crippen LogP contribution is 2.32. The van der Waals surface area contributed by atoms with Gasteiger partial charge in [0.15, 0.2) is 10.3 Å². The summed E-state index contributed by atoms with van der Waals surface area (Å²) in [5.41, 5.74) is 0.772. The molecule has 1 aliphatic heterocycles. The van der Waals surface area contributed by atoms with E-state index in [9.17, 15) is 9.59 Å². The first kappa shape index (κ1) is 21.6. The highest BCUT2D eigenvalue weighted by molar-refractivity contribution is 7.99. The topological polar surface area (TPSA) is 125 Å². The number of aromatic nitrogens is 4. The fourth-order valence-corrected chi connectivity index (χ4v) is 4.61. The molecule has 2 fully saturated rings. The van der Waals surface area contributed by atoms with Crippen molar-refractivity contribution in [2.45, 2.75) is 29.8 Å². The number of thiazole rings is 1. The Morgan fingerprint density at radius 1 is 1.21 bits per heavy atom. The van der Waals surface area contributed by atoms with Crippen LogP contribution < -0.4 is 20.9 Å². The van der Waals surface area contributed by atoms with Gasteiger partial charge in [-0.1, -0.05) is 0 Å². The van der Waals surface area contributed by atoms with Gasteiger partial charge in [-0.25, -0.2) is 4.98 Å². The van der Waals surface area contributed by atoms with Crippen LogP contribution in [0.4, 0.5) is 22.7 Å². The molecule has 1 saturated carbocycles. The minimum atomic E-state index is -0.0650. The molecule has 170 valence electrons. The van der Waals surface area contributed by atoms with Gasteiger partial charge in [0.1, 0.15) is 0 Å². The van der Waals surface area contributed by atoms with Gasteiger partial charge in [-0.15, -0.1) is 11.3 Å². The summed E-state index contributed by atoms with van der Waals surface area (Å²) in [4.78, 5) is 45.6. The van der Waals surface area contributed by atoms with Gasteiger partial charge < -0.3 is 15.5 Å². The van der Waals surface area contributed by atoms with Crippen LogP contribution in [0.1, 0.15) is 17.7 Å². The second-order valence-corrected chi connectivity index (χ2v) is 10.1. The van der Waals surface area contributed by atoms with Crippen LogP contribution in [-0.4, -0.2) is 51.4 Å². The number of piperazine rings is 1. The van der Waals surface area contributed by atoms with Crippen molar-refractivity contribution in [3.8, 4) is 0 Å². The van der Waals surface area contributed by atoms with Crippen molar-refractivity contribution < 1.29 is 9.59 Å². The number of benzene rings is 1. The molecule has 3 N–H and O–H groups in total. The number of anilines is 4. The van der Waals surface area contributed by atoms with Gasteiger partial charge in [0.25, 0.3) is 0 Å². The van der Waals surface area contributed by atoms with Crippen LogP contribution in [0.25, 0.3) is 0 Å². The van der Waals surface area contributed by atoms with Crippen LogP contribution in [-0.2, 0) is 9.59 Å². The maximum absolute atomic E-state index is 12.0. The summed E-state index contributed by atoms with van der Waals surface area (Å²) in [5.74, 6) is 0.982. The minimum Gasteiger partial charge on any atom is -0.353 e. The SMILES string of the molecule is Cc1cnc(Nc2nc(Sc3ccc(NC(=O)C4CC4)cc3)nc(N3CCNC(=O)C3)n2)s1. The molecular weight excluding hydrogens is 460 g/mol. The molecule has 0 radical (unpaired) electrons. The van der Waals surface area contributed by atoms with E-state index in [1.807, 2.05) is 36.1 Å². The van der Waals surface area contributed by atoms with Crippen molar-refractivity contribution in [3.05, 3.63) is 35.3 Å². The number of hydrogen-bond donors (Lipinski definition) is 3. The van der Waals surface area contributed by atoms with Gasteiger partial charge in [0.05, 0.1) is 6.54 Å². The number of nitrogens with zero attached hydrogens (tertiary/aromatic N) is 5. The summed E-state index contributed by atoms with van der Waals surface area (Å²) in [6.07, 6.45) is 3.72. The van der Waals surface area contributed by atoms with Gasteiger partial charge in [0, 0.05) is 40.7 Å². The zero-order valence-electron chi connectivity index (χ0n) is 17.9. The Kier molecular flexibility index (Phi) is 6.09. The third-order valence-electron chi connectivity index (χ3n) is 5.04. The van der Waals surface area contributed by atoms with E-state index in [0.29, 0.717) is 35.3 Å². The summed E-state index contributed by atoms with van der Waals surface area (Å²) in [6, 6.07) is 7.58. The molecule has 0 unspecified atom stereocenters. The molecule has 1 saturated heterocycles. The van der Waals surface area contributed by atoms with Gasteiger partial charge in [-0.2, -0.15) is 15.0 Å². The van der Waals surface area contributed by atoms with Gasteiger partial charge in [0.2, 0.25) is 23.7 Å². The van der Waals surface area contributed by atoms with Gasteiger partial charge >= 0.3 is 0 Å². The average Bonchev–Trinajstić information content (AvgIpc) is 3.58. The molecule has 0 spiro atoms. The molecule has 0 bridgehead atoms. The van der Waals surface area contributed by atoms with Crippen LogP contribution in [0.3, 0.4) is 0 Å². The Balaban J connectivity index is 1.36. The monoisotopic (exact) mass is 482 g/mol. The second kappa shape index (κ2) is 9.32. The number of rotatable bonds is 7. The zero-order valence-corrected chi connectivity index (χ0v) is 19.5. The van der Waals surface area contributed by atoms with Crippen LogP contribution in [0, 0.1) is 12.8 Å². The van der Waals surface area contributed by atoms with E-state index < -0.39 is 0 Å². The molecule has 2 amide bonds. The van der Waals surface area contributed by atoms with Crippen molar-refractivity contribution >= 4 is 57.6 Å². The number of aryl methyl sites for hydroxylation is 1. The molecule has 33 heavy (non-hydrogen) atoms. The zero-order chi connectivity index (χ0) is 22.8. The first-order valence-electron chi connectivity index (χ1n) is 10.6. The number of carbonyl (C=O) groups excluding carboxylic acids is 2. The number of hydrogen-bond acceptors (Lipinski definition) is 10. The lowest BCUT2D eigenvalue weighted by Gasteiger charge is -2.26. The van der Waals surface area contributed by atoms with E-state index in [1.165, 1.54) is 23.1 Å². The number of nitrogens with one attached hydrogen (secondary N) is 3. The lowest BCUT2D eigenvalue weighted by molar-refractivity contribution is -0.120. The van der Waals surface area contributed by atoms with E-state index in [-0.39, 0.29) is 24.3 Å². The Hall–Kier alpha value is -3.25. The summed E-state index contributed by atoms with van der Waals surface area (Å²) in [5, 5.41) is 10.1. The fraction of sp³-hybridized carbons (Fsp3) is 0.333. The lowest BCUT2D eigenvalue weighted by Crippen LogP contribution is -2.48. The van der Waals surface area contributed by atoms with Crippen molar-refractivity contribution in [1.82, 2.24) is 25.3 Å². The van der Waals surface area contributed by atoms with Crippen molar-refractivity contribution in [2.24, 2.45) is 5.92 Å². The van der Waals surface area contributed by atoms with Crippen LogP contribution in [0.2, 0.25) is 0 Å². The predicted octanol–water partition coefficient (Wildman–Crippen LogP) is 2.82. The maximum atomic E-state index is 12.0. The molecule has 12 heteroatoms. The van der Waals surface area contributed by atoms with E-state index >= 15 is 0 Å². The van der Waals surface area contributed by atoms with Gasteiger partial charge in [-0.3, -0.25) is 14.9 Å². The molecule has 2 aromatic heterocycles. The predicted molar refractivity (Wildman–Crippen MR) is 127 cm³/mol. The highest BCUT2D eigenvalue weighted by Gasteiger charge is 2.29. The Bertz CT molecular complexity index is 1180. The Morgan fingerprint density at radius 2 is 2.03 bits per heavy atom. The third-order valence-corrected chi connectivity index (χ3v) is 6.74. The third kappa shape index (κ3) is 5.57. The maximum Gasteiger partial charge on any atom is 0.239 e. The van der Waals surface area contributed by atoms with Crippen molar-refractivity contribution in [3.63, 3.8) is 0 Å². The van der Waals surface area contributed by atoms with Crippen LogP contribution >= 0.6 is 23.1 Å². The summed E-state index contributed by atoms with van der Waals surface area (Å²) in [7, 11) is 0. The standard InChI is InChI=1S/C21H22N8O2S2/c1-12-10-23-20(32-12)26-18-25-19(29-9-8-22-16(30)11-29)28-21(27-18)33-15-6-4-14(5-7-15)24-17(31)13-2-3-13/h4-7,10,13H,2-3,8-9,11H2,1H3,(H,22,30)(H,24,31)(H,23,25,26,27,28). The van der Waals surface area contributed by atoms with E-state index in [1.54, 1.807) is 6.20 Å². The summed E-state index contributed by atoms with van der Waals surface area (Å²) >= 11 is 2.89. The molecule has 10 nitrogen and oxygen atoms in total. The fourth-order valence-electron chi connectivity index (χ4n) is 3.21. The normalized spacial score (nSPS) is 15.8. The molecule has 1 aromatic carbocycles. The first-order valence-corrected chi connectivity index (χ1v) is 12.2. The second-order valence-electron chi connectivity index (χ2n) is 7.80. The largest absolute Gasteiger partial charge is 0.353 e. The first-order chi connectivity index (χ1) is 16.0. The Morgan fingerprint density at radius 3 is 2.73 bits per heavy atom. The molecule has 5 rings (SSSR count). The Labute approximate surface area is 198 Å². The quantitative estimate of drug-likeness (QED) is 0.466. The van der Waals surface area contributed by atoms with Gasteiger partial charge in [-0.05, 0) is 55.8 Å². The lowest BCUT2D eigenvalue weighted by atomic mass is 10.3. The molecule has 3 heterocycles. The average molecular weight is 483 g/mol. The number of carbonyl (C=O) groups is 2. The van der Waals surface area contributed by atoms with Crippen molar-refractivity contribution in [1.29, 1.82) is 0 Å². The molecule has 2 aliphatic rings. The van der Waals surface area contributed by atoms with E-state index in [4.69, 9.17) is 0 Å². The highest BCUT2D eigenvalue weighted by atomic mass is 32.2. The van der Waals surface area contributed by atoms with Crippen LogP contribution in [0.5, 0.6) is 0 Å². The number of amides is 2.